The van der Waals surface area contributed by atoms with E-state index >= 15 is 0 Å². The second-order valence-corrected chi connectivity index (χ2v) is 13.0. The molecule has 11 heteroatoms. The average molecular weight is 558 g/mol. The number of nitrogens with one attached hydrogen (secondary N) is 1. The number of rotatable bonds is 5. The summed E-state index contributed by atoms with van der Waals surface area (Å²) in [6.45, 7) is 0.429. The Bertz CT molecular complexity index is 1350. The SMILES string of the molecule is CC(F)(c1ccc2c(c1)CC[C@H]1[C@H](C(=O)NC3CC(O)C3)CC[C@@]21S(=O)(=O)c1ccc(F)cc1)C(F)(F)F. The van der Waals surface area contributed by atoms with Crippen molar-refractivity contribution in [2.75, 3.05) is 0 Å². The van der Waals surface area contributed by atoms with Crippen molar-refractivity contribution in [1.29, 1.82) is 0 Å². The smallest absolute Gasteiger partial charge is 0.393 e. The molecule has 5 nitrogen and oxygen atoms in total. The fourth-order valence-corrected chi connectivity index (χ4v) is 8.93. The number of halogens is 5. The first-order chi connectivity index (χ1) is 17.7. The minimum absolute atomic E-state index is 0.0290. The van der Waals surface area contributed by atoms with Crippen LogP contribution in [0.4, 0.5) is 22.0 Å². The lowest BCUT2D eigenvalue weighted by molar-refractivity contribution is -0.228. The van der Waals surface area contributed by atoms with Crippen LogP contribution in [0.3, 0.4) is 0 Å². The highest BCUT2D eigenvalue weighted by molar-refractivity contribution is 7.92. The second-order valence-electron chi connectivity index (χ2n) is 10.8. The number of hydrogen-bond acceptors (Lipinski definition) is 4. The number of aliphatic hydroxyl groups excluding tert-OH is 1. The lowest BCUT2D eigenvalue weighted by Crippen LogP contribution is -2.51. The summed E-state index contributed by atoms with van der Waals surface area (Å²) in [4.78, 5) is 13.1. The molecule has 2 N–H and O–H groups in total. The van der Waals surface area contributed by atoms with Crippen molar-refractivity contribution in [2.24, 2.45) is 11.8 Å². The van der Waals surface area contributed by atoms with Crippen molar-refractivity contribution in [3.05, 3.63) is 65.0 Å². The second kappa shape index (κ2) is 9.01. The molecule has 206 valence electrons. The zero-order chi connectivity index (χ0) is 27.7. The molecule has 1 amide bonds. The van der Waals surface area contributed by atoms with Crippen LogP contribution in [0.25, 0.3) is 0 Å². The van der Waals surface area contributed by atoms with Crippen LogP contribution in [-0.2, 0) is 31.5 Å². The summed E-state index contributed by atoms with van der Waals surface area (Å²) >= 11 is 0. The van der Waals surface area contributed by atoms with E-state index in [0.29, 0.717) is 25.3 Å². The molecule has 0 heterocycles. The predicted molar refractivity (Wildman–Crippen MR) is 128 cm³/mol. The highest BCUT2D eigenvalue weighted by Crippen LogP contribution is 2.59. The Labute approximate surface area is 217 Å². The highest BCUT2D eigenvalue weighted by Gasteiger charge is 2.62. The van der Waals surface area contributed by atoms with Gasteiger partial charge in [-0.15, -0.1) is 0 Å². The van der Waals surface area contributed by atoms with Gasteiger partial charge in [-0.2, -0.15) is 13.2 Å². The number of carbonyl (C=O) groups excluding carboxylic acids is 1. The van der Waals surface area contributed by atoms with E-state index in [0.717, 1.165) is 36.4 Å². The van der Waals surface area contributed by atoms with Crippen LogP contribution in [0.15, 0.2) is 47.4 Å². The third-order valence-electron chi connectivity index (χ3n) is 8.67. The quantitative estimate of drug-likeness (QED) is 0.407. The number of aliphatic hydroxyl groups is 1. The third kappa shape index (κ3) is 4.04. The summed E-state index contributed by atoms with van der Waals surface area (Å²) < 4.78 is 95.6. The fraction of sp³-hybridized carbons (Fsp3) is 0.519. The van der Waals surface area contributed by atoms with Crippen molar-refractivity contribution in [3.63, 3.8) is 0 Å². The van der Waals surface area contributed by atoms with Crippen molar-refractivity contribution in [3.8, 4) is 0 Å². The fourth-order valence-electron chi connectivity index (χ4n) is 6.46. The maximum atomic E-state index is 14.8. The van der Waals surface area contributed by atoms with Crippen LogP contribution in [-0.4, -0.2) is 37.8 Å². The van der Waals surface area contributed by atoms with Gasteiger partial charge in [-0.05, 0) is 92.3 Å². The van der Waals surface area contributed by atoms with Crippen LogP contribution in [0.1, 0.15) is 55.7 Å². The average Bonchev–Trinajstić information content (AvgIpc) is 3.24. The number of fused-ring (bicyclic) bond motifs is 3. The summed E-state index contributed by atoms with van der Waals surface area (Å²) in [7, 11) is -4.27. The zero-order valence-electron chi connectivity index (χ0n) is 20.6. The highest BCUT2D eigenvalue weighted by atomic mass is 32.2. The van der Waals surface area contributed by atoms with E-state index in [1.54, 1.807) is 0 Å². The van der Waals surface area contributed by atoms with Gasteiger partial charge in [0.15, 0.2) is 9.84 Å². The topological polar surface area (TPSA) is 83.5 Å². The maximum Gasteiger partial charge on any atom is 0.426 e. The minimum Gasteiger partial charge on any atom is -0.393 e. The number of hydrogen-bond donors (Lipinski definition) is 2. The van der Waals surface area contributed by atoms with E-state index in [4.69, 9.17) is 0 Å². The van der Waals surface area contributed by atoms with Crippen LogP contribution in [0.2, 0.25) is 0 Å². The molecular weight excluding hydrogens is 529 g/mol. The molecule has 3 aliphatic rings. The number of carbonyl (C=O) groups is 1. The van der Waals surface area contributed by atoms with Crippen molar-refractivity contribution >= 4 is 15.7 Å². The number of amides is 1. The molecule has 1 unspecified atom stereocenters. The molecular formula is C27H28F5NO4S. The van der Waals surface area contributed by atoms with E-state index in [1.807, 2.05) is 0 Å². The normalized spacial score (nSPS) is 30.5. The van der Waals surface area contributed by atoms with Gasteiger partial charge in [-0.3, -0.25) is 4.79 Å². The molecule has 2 saturated carbocycles. The number of alkyl halides is 4. The molecule has 4 atom stereocenters. The summed E-state index contributed by atoms with van der Waals surface area (Å²) in [5.41, 5.74) is -3.70. The van der Waals surface area contributed by atoms with Crippen LogP contribution < -0.4 is 5.32 Å². The van der Waals surface area contributed by atoms with E-state index in [2.05, 4.69) is 5.32 Å². The minimum atomic E-state index is -5.16. The predicted octanol–water partition coefficient (Wildman–Crippen LogP) is 4.85. The largest absolute Gasteiger partial charge is 0.426 e. The number of sulfone groups is 1. The van der Waals surface area contributed by atoms with Gasteiger partial charge in [-0.25, -0.2) is 17.2 Å². The van der Waals surface area contributed by atoms with E-state index in [-0.39, 0.29) is 48.1 Å². The van der Waals surface area contributed by atoms with Gasteiger partial charge in [0.25, 0.3) is 0 Å². The Hall–Kier alpha value is -2.53. The van der Waals surface area contributed by atoms with Crippen molar-refractivity contribution < 1.29 is 40.3 Å². The van der Waals surface area contributed by atoms with Gasteiger partial charge in [0.05, 0.1) is 11.0 Å². The lowest BCUT2D eigenvalue weighted by atomic mass is 9.72. The maximum absolute atomic E-state index is 14.8. The summed E-state index contributed by atoms with van der Waals surface area (Å²) in [5.74, 6) is -2.33. The van der Waals surface area contributed by atoms with Crippen LogP contribution >= 0.6 is 0 Å². The first-order valence-electron chi connectivity index (χ1n) is 12.6. The summed E-state index contributed by atoms with van der Waals surface area (Å²) in [5, 5.41) is 12.5. The molecule has 0 saturated heterocycles. The molecule has 5 rings (SSSR count). The van der Waals surface area contributed by atoms with Gasteiger partial charge in [-0.1, -0.05) is 18.2 Å². The van der Waals surface area contributed by atoms with Gasteiger partial charge < -0.3 is 10.4 Å². The molecule has 0 bridgehead atoms. The van der Waals surface area contributed by atoms with Crippen LogP contribution in [0, 0.1) is 17.7 Å². The standard InChI is InChI=1S/C27H28F5NO4S/c1-25(29,27(30,31)32)16-3-9-22-15(12-16)2-8-23-21(24(35)33-18-13-19(34)14-18)10-11-26(22,23)38(36,37)20-6-4-17(28)5-7-20/h3-7,9,12,18-19,21,23,34H,2,8,10-11,13-14H2,1H3,(H,33,35)/t18?,19?,21-,23+,25?,26-/m1/s1. The first-order valence-corrected chi connectivity index (χ1v) is 14.0. The van der Waals surface area contributed by atoms with Gasteiger partial charge in [0, 0.05) is 12.0 Å². The van der Waals surface area contributed by atoms with Crippen LogP contribution in [0.5, 0.6) is 0 Å². The third-order valence-corrected chi connectivity index (χ3v) is 11.3. The monoisotopic (exact) mass is 557 g/mol. The van der Waals surface area contributed by atoms with E-state index in [9.17, 15) is 40.3 Å². The van der Waals surface area contributed by atoms with E-state index in [1.165, 1.54) is 6.07 Å². The van der Waals surface area contributed by atoms with Gasteiger partial charge in [0.2, 0.25) is 11.6 Å². The first kappa shape index (κ1) is 27.1. The van der Waals surface area contributed by atoms with Crippen molar-refractivity contribution in [1.82, 2.24) is 5.32 Å². The Morgan fingerprint density at radius 1 is 1.05 bits per heavy atom. The number of benzene rings is 2. The molecule has 2 fully saturated rings. The summed E-state index contributed by atoms with van der Waals surface area (Å²) in [6.07, 6.45) is -4.22. The lowest BCUT2D eigenvalue weighted by Gasteiger charge is -2.43. The zero-order valence-corrected chi connectivity index (χ0v) is 21.4. The van der Waals surface area contributed by atoms with Gasteiger partial charge in [0.1, 0.15) is 10.6 Å². The molecule has 2 aromatic rings. The Morgan fingerprint density at radius 2 is 1.71 bits per heavy atom. The Morgan fingerprint density at radius 3 is 2.32 bits per heavy atom. The Kier molecular flexibility index (Phi) is 6.41. The molecule has 3 aliphatic carbocycles. The number of aryl methyl sites for hydroxylation is 1. The molecule has 0 radical (unpaired) electrons. The molecule has 0 aromatic heterocycles. The van der Waals surface area contributed by atoms with Gasteiger partial charge >= 0.3 is 6.18 Å². The molecule has 0 aliphatic heterocycles. The van der Waals surface area contributed by atoms with E-state index < -0.39 is 55.7 Å². The van der Waals surface area contributed by atoms with Crippen molar-refractivity contribution in [2.45, 2.75) is 79.1 Å². The summed E-state index contributed by atoms with van der Waals surface area (Å²) in [6, 6.07) is 7.43. The Balaban J connectivity index is 1.61. The molecule has 0 spiro atoms. The molecule has 38 heavy (non-hydrogen) atoms. The molecule has 2 aromatic carbocycles.